The molecule has 1 atom stereocenters. The van der Waals surface area contributed by atoms with Crippen LogP contribution in [-0.2, 0) is 4.79 Å². The van der Waals surface area contributed by atoms with Gasteiger partial charge in [-0.3, -0.25) is 9.69 Å². The van der Waals surface area contributed by atoms with Gasteiger partial charge in [-0.1, -0.05) is 23.7 Å². The summed E-state index contributed by atoms with van der Waals surface area (Å²) in [7, 11) is 0. The van der Waals surface area contributed by atoms with Crippen molar-refractivity contribution in [1.82, 2.24) is 4.90 Å². The molecule has 0 spiro atoms. The lowest BCUT2D eigenvalue weighted by molar-refractivity contribution is -0.121. The van der Waals surface area contributed by atoms with Gasteiger partial charge in [-0.15, -0.1) is 0 Å². The van der Waals surface area contributed by atoms with Crippen molar-refractivity contribution in [2.45, 2.75) is 31.9 Å². The van der Waals surface area contributed by atoms with E-state index in [2.05, 4.69) is 10.2 Å². The zero-order valence-electron chi connectivity index (χ0n) is 11.0. The summed E-state index contributed by atoms with van der Waals surface area (Å²) in [6, 6.07) is 6.98. The zero-order valence-corrected chi connectivity index (χ0v) is 11.7. The highest BCUT2D eigenvalue weighted by molar-refractivity contribution is 6.33. The van der Waals surface area contributed by atoms with Crippen LogP contribution in [-0.4, -0.2) is 41.1 Å². The predicted molar refractivity (Wildman–Crippen MR) is 76.4 cm³/mol. The molecule has 0 aromatic heterocycles. The van der Waals surface area contributed by atoms with Gasteiger partial charge in [0.25, 0.3) is 0 Å². The number of aliphatic hydroxyl groups is 1. The average molecular weight is 283 g/mol. The Balaban J connectivity index is 1.94. The smallest absolute Gasteiger partial charge is 0.241 e. The van der Waals surface area contributed by atoms with E-state index in [0.717, 1.165) is 25.9 Å². The summed E-state index contributed by atoms with van der Waals surface area (Å²) in [5.41, 5.74) is 0.637. The molecule has 1 saturated heterocycles. The maximum atomic E-state index is 12.2. The molecule has 1 amide bonds. The molecule has 2 N–H and O–H groups in total. The van der Waals surface area contributed by atoms with Crippen LogP contribution < -0.4 is 5.32 Å². The second-order valence-electron chi connectivity index (χ2n) is 4.91. The quantitative estimate of drug-likeness (QED) is 0.893. The Bertz CT molecular complexity index is 445. The van der Waals surface area contributed by atoms with Crippen molar-refractivity contribution >= 4 is 23.2 Å². The number of anilines is 1. The number of rotatable bonds is 3. The Kier molecular flexibility index (Phi) is 4.80. The maximum absolute atomic E-state index is 12.2. The van der Waals surface area contributed by atoms with E-state index < -0.39 is 0 Å². The molecule has 1 aliphatic heterocycles. The van der Waals surface area contributed by atoms with Gasteiger partial charge in [0.05, 0.1) is 22.9 Å². The number of amides is 1. The number of hydrogen-bond acceptors (Lipinski definition) is 3. The summed E-state index contributed by atoms with van der Waals surface area (Å²) in [5.74, 6) is -0.0653. The van der Waals surface area contributed by atoms with Crippen LogP contribution in [0, 0.1) is 0 Å². The van der Waals surface area contributed by atoms with E-state index in [1.807, 2.05) is 19.1 Å². The Morgan fingerprint density at radius 2 is 2.05 bits per heavy atom. The van der Waals surface area contributed by atoms with Crippen LogP contribution >= 0.6 is 11.6 Å². The van der Waals surface area contributed by atoms with Gasteiger partial charge in [0.2, 0.25) is 5.91 Å². The Morgan fingerprint density at radius 1 is 1.42 bits per heavy atom. The molecule has 0 bridgehead atoms. The first kappa shape index (κ1) is 14.3. The van der Waals surface area contributed by atoms with Crippen LogP contribution in [0.2, 0.25) is 5.02 Å². The Morgan fingerprint density at radius 3 is 2.68 bits per heavy atom. The first-order valence-corrected chi connectivity index (χ1v) is 6.93. The number of nitrogens with one attached hydrogen (secondary N) is 1. The summed E-state index contributed by atoms with van der Waals surface area (Å²) in [5, 5.41) is 12.9. The van der Waals surface area contributed by atoms with E-state index in [9.17, 15) is 9.90 Å². The second-order valence-corrected chi connectivity index (χ2v) is 5.32. The van der Waals surface area contributed by atoms with Crippen LogP contribution in [0.3, 0.4) is 0 Å². The molecular weight excluding hydrogens is 264 g/mol. The summed E-state index contributed by atoms with van der Waals surface area (Å²) in [6.07, 6.45) is 1.23. The van der Waals surface area contributed by atoms with Crippen LogP contribution in [0.4, 0.5) is 5.69 Å². The highest BCUT2D eigenvalue weighted by Gasteiger charge is 2.25. The molecule has 5 heteroatoms. The summed E-state index contributed by atoms with van der Waals surface area (Å²) >= 11 is 6.02. The van der Waals surface area contributed by atoms with Crippen molar-refractivity contribution < 1.29 is 9.90 Å². The van der Waals surface area contributed by atoms with Gasteiger partial charge >= 0.3 is 0 Å². The van der Waals surface area contributed by atoms with Crippen molar-refractivity contribution in [1.29, 1.82) is 0 Å². The van der Waals surface area contributed by atoms with Gasteiger partial charge < -0.3 is 10.4 Å². The minimum absolute atomic E-state index is 0.0653. The zero-order chi connectivity index (χ0) is 13.8. The normalized spacial score (nSPS) is 19.1. The van der Waals surface area contributed by atoms with Crippen molar-refractivity contribution in [3.05, 3.63) is 29.3 Å². The first-order valence-electron chi connectivity index (χ1n) is 6.55. The van der Waals surface area contributed by atoms with Crippen LogP contribution in [0.1, 0.15) is 19.8 Å². The maximum Gasteiger partial charge on any atom is 0.241 e. The number of para-hydroxylation sites is 1. The van der Waals surface area contributed by atoms with E-state index in [1.165, 1.54) is 0 Å². The summed E-state index contributed by atoms with van der Waals surface area (Å²) in [6.45, 7) is 3.38. The fraction of sp³-hybridized carbons (Fsp3) is 0.500. The van der Waals surface area contributed by atoms with Crippen molar-refractivity contribution in [3.8, 4) is 0 Å². The molecule has 0 unspecified atom stereocenters. The van der Waals surface area contributed by atoms with Gasteiger partial charge in [-0.25, -0.2) is 0 Å². The van der Waals surface area contributed by atoms with Crippen LogP contribution in [0.15, 0.2) is 24.3 Å². The van der Waals surface area contributed by atoms with Crippen molar-refractivity contribution in [2.24, 2.45) is 0 Å². The lowest BCUT2D eigenvalue weighted by Gasteiger charge is -2.33. The summed E-state index contributed by atoms with van der Waals surface area (Å²) < 4.78 is 0. The van der Waals surface area contributed by atoms with Crippen molar-refractivity contribution in [2.75, 3.05) is 18.4 Å². The molecule has 4 nitrogen and oxygen atoms in total. The van der Waals surface area contributed by atoms with Gasteiger partial charge in [0.1, 0.15) is 0 Å². The topological polar surface area (TPSA) is 52.6 Å². The number of hydrogen-bond donors (Lipinski definition) is 2. The molecular formula is C14H19ClN2O2. The molecule has 0 saturated carbocycles. The largest absolute Gasteiger partial charge is 0.393 e. The Labute approximate surface area is 118 Å². The summed E-state index contributed by atoms with van der Waals surface area (Å²) in [4.78, 5) is 14.3. The van der Waals surface area contributed by atoms with E-state index in [1.54, 1.807) is 12.1 Å². The van der Waals surface area contributed by atoms with Gasteiger partial charge in [-0.2, -0.15) is 0 Å². The fourth-order valence-electron chi connectivity index (χ4n) is 2.24. The number of halogens is 1. The molecule has 104 valence electrons. The first-order chi connectivity index (χ1) is 9.08. The fourth-order valence-corrected chi connectivity index (χ4v) is 2.42. The Hall–Kier alpha value is -1.10. The lowest BCUT2D eigenvalue weighted by Crippen LogP contribution is -2.47. The second kappa shape index (κ2) is 6.37. The number of piperidine rings is 1. The van der Waals surface area contributed by atoms with Gasteiger partial charge in [0.15, 0.2) is 0 Å². The van der Waals surface area contributed by atoms with E-state index >= 15 is 0 Å². The third-order valence-corrected chi connectivity index (χ3v) is 3.89. The predicted octanol–water partition coefficient (Wildman–Crippen LogP) is 2.12. The van der Waals surface area contributed by atoms with Gasteiger partial charge in [0, 0.05) is 13.1 Å². The number of carbonyl (C=O) groups excluding carboxylic acids is 1. The average Bonchev–Trinajstić information content (AvgIpc) is 2.41. The number of likely N-dealkylation sites (tertiary alicyclic amines) is 1. The van der Waals surface area contributed by atoms with E-state index in [4.69, 9.17) is 11.6 Å². The monoisotopic (exact) mass is 282 g/mol. The molecule has 2 rings (SSSR count). The van der Waals surface area contributed by atoms with Crippen LogP contribution in [0.5, 0.6) is 0 Å². The number of benzene rings is 1. The van der Waals surface area contributed by atoms with E-state index in [0.29, 0.717) is 10.7 Å². The molecule has 1 aromatic carbocycles. The minimum Gasteiger partial charge on any atom is -0.393 e. The third-order valence-electron chi connectivity index (χ3n) is 3.56. The molecule has 0 aliphatic carbocycles. The van der Waals surface area contributed by atoms with E-state index in [-0.39, 0.29) is 18.1 Å². The number of carbonyl (C=O) groups is 1. The number of aliphatic hydroxyl groups excluding tert-OH is 1. The molecule has 1 fully saturated rings. The highest BCUT2D eigenvalue weighted by Crippen LogP contribution is 2.21. The number of nitrogens with zero attached hydrogens (tertiary/aromatic N) is 1. The molecule has 1 heterocycles. The van der Waals surface area contributed by atoms with Gasteiger partial charge in [-0.05, 0) is 31.9 Å². The third kappa shape index (κ3) is 3.69. The molecule has 19 heavy (non-hydrogen) atoms. The van der Waals surface area contributed by atoms with Crippen molar-refractivity contribution in [3.63, 3.8) is 0 Å². The molecule has 1 aromatic rings. The molecule has 0 radical (unpaired) electrons. The minimum atomic E-state index is -0.227. The SMILES string of the molecule is C[C@@H](C(=O)Nc1ccccc1Cl)N1CCC(O)CC1. The lowest BCUT2D eigenvalue weighted by atomic mass is 10.1. The highest BCUT2D eigenvalue weighted by atomic mass is 35.5. The standard InChI is InChI=1S/C14H19ClN2O2/c1-10(17-8-6-11(18)7-9-17)14(19)16-13-5-3-2-4-12(13)15/h2-5,10-11,18H,6-9H2,1H3,(H,16,19)/t10-/m0/s1. The molecule has 1 aliphatic rings. The van der Waals surface area contributed by atoms with Crippen LogP contribution in [0.25, 0.3) is 0 Å².